The van der Waals surface area contributed by atoms with E-state index in [9.17, 15) is 15.0 Å². The summed E-state index contributed by atoms with van der Waals surface area (Å²) in [7, 11) is 0. The van der Waals surface area contributed by atoms with Crippen LogP contribution in [-0.4, -0.2) is 22.6 Å². The number of aliphatic hydroxyl groups excluding tert-OH is 1. The Bertz CT molecular complexity index is 659. The van der Waals surface area contributed by atoms with Gasteiger partial charge >= 0.3 is 0 Å². The lowest BCUT2D eigenvalue weighted by molar-refractivity contribution is -0.121. The van der Waals surface area contributed by atoms with Gasteiger partial charge < -0.3 is 10.2 Å². The van der Waals surface area contributed by atoms with Gasteiger partial charge in [-0.25, -0.2) is 0 Å². The second-order valence-corrected chi connectivity index (χ2v) is 7.18. The minimum absolute atomic E-state index is 0.00394. The summed E-state index contributed by atoms with van der Waals surface area (Å²) in [5.41, 5.74) is 4.39. The van der Waals surface area contributed by atoms with E-state index >= 15 is 0 Å². The first-order valence-corrected chi connectivity index (χ1v) is 8.71. The monoisotopic (exact) mass is 314 g/mol. The summed E-state index contributed by atoms with van der Waals surface area (Å²) in [6.07, 6.45) is 5.62. The Morgan fingerprint density at radius 2 is 2.13 bits per heavy atom. The summed E-state index contributed by atoms with van der Waals surface area (Å²) in [5.74, 6) is 0.426. The molecule has 3 rings (SSSR count). The molecule has 1 aromatic rings. The van der Waals surface area contributed by atoms with Crippen LogP contribution in [0.15, 0.2) is 23.8 Å². The molecule has 3 nitrogen and oxygen atoms in total. The Balaban J connectivity index is 2.11. The average Bonchev–Trinajstić information content (AvgIpc) is 2.84. The fraction of sp³-hybridized carbons (Fsp3) is 0.550. The van der Waals surface area contributed by atoms with Crippen LogP contribution in [0.1, 0.15) is 57.1 Å². The maximum atomic E-state index is 12.7. The zero-order chi connectivity index (χ0) is 16.6. The molecule has 0 bridgehead atoms. The molecule has 3 heteroatoms. The number of aromatic hydroxyl groups is 1. The van der Waals surface area contributed by atoms with E-state index in [-0.39, 0.29) is 23.7 Å². The lowest BCUT2D eigenvalue weighted by atomic mass is 9.63. The second kappa shape index (κ2) is 6.12. The molecule has 1 aromatic carbocycles. The van der Waals surface area contributed by atoms with Crippen LogP contribution < -0.4 is 0 Å². The van der Waals surface area contributed by atoms with Gasteiger partial charge in [0.25, 0.3) is 0 Å². The molecule has 2 N–H and O–H groups in total. The Hall–Kier alpha value is -1.61. The lowest BCUT2D eigenvalue weighted by Gasteiger charge is -2.39. The van der Waals surface area contributed by atoms with Crippen LogP contribution in [-0.2, 0) is 11.2 Å². The number of unbranched alkanes of at least 4 members (excludes halogenated alkanes) is 1. The van der Waals surface area contributed by atoms with E-state index in [0.29, 0.717) is 12.2 Å². The maximum Gasteiger partial charge on any atom is 0.162 e. The highest BCUT2D eigenvalue weighted by atomic mass is 16.3. The fourth-order valence-electron chi connectivity index (χ4n) is 4.70. The van der Waals surface area contributed by atoms with E-state index in [1.165, 1.54) is 5.57 Å². The molecule has 2 aliphatic rings. The quantitative estimate of drug-likeness (QED) is 0.867. The third kappa shape index (κ3) is 2.61. The van der Waals surface area contributed by atoms with Crippen molar-refractivity contribution in [2.75, 3.05) is 6.61 Å². The highest BCUT2D eigenvalue weighted by Crippen LogP contribution is 2.58. The van der Waals surface area contributed by atoms with Crippen LogP contribution >= 0.6 is 0 Å². The number of aliphatic hydroxyl groups is 1. The first-order chi connectivity index (χ1) is 11.0. The third-order valence-electron chi connectivity index (χ3n) is 5.66. The molecule has 0 unspecified atom stereocenters. The second-order valence-electron chi connectivity index (χ2n) is 7.18. The van der Waals surface area contributed by atoms with E-state index in [2.05, 4.69) is 6.92 Å². The van der Waals surface area contributed by atoms with Crippen LogP contribution in [0.5, 0.6) is 5.75 Å². The number of phenolic OH excluding ortho intramolecular Hbond substituents is 1. The number of hydrogen-bond donors (Lipinski definition) is 2. The fourth-order valence-corrected chi connectivity index (χ4v) is 4.70. The molecular formula is C20H26O3. The van der Waals surface area contributed by atoms with Gasteiger partial charge in [0.15, 0.2) is 5.78 Å². The number of rotatable bonds is 5. The average molecular weight is 314 g/mol. The van der Waals surface area contributed by atoms with Gasteiger partial charge in [0, 0.05) is 17.9 Å². The lowest BCUT2D eigenvalue weighted by Crippen LogP contribution is -2.35. The summed E-state index contributed by atoms with van der Waals surface area (Å²) >= 11 is 0. The van der Waals surface area contributed by atoms with Crippen molar-refractivity contribution < 1.29 is 15.0 Å². The minimum Gasteiger partial charge on any atom is -0.508 e. The normalized spacial score (nSPS) is 26.4. The molecule has 0 spiro atoms. The van der Waals surface area contributed by atoms with Gasteiger partial charge in [0.2, 0.25) is 0 Å². The number of benzene rings is 1. The van der Waals surface area contributed by atoms with Crippen molar-refractivity contribution in [3.05, 3.63) is 34.9 Å². The SMILES string of the molecule is CCCC[C@]12Cc3cc(O)ccc3C1=C(C)C(=O)[C@@H](CCO)C2. The number of carbonyl (C=O) groups is 1. The molecule has 23 heavy (non-hydrogen) atoms. The van der Waals surface area contributed by atoms with Crippen molar-refractivity contribution >= 4 is 11.4 Å². The Kier molecular flexibility index (Phi) is 4.33. The van der Waals surface area contributed by atoms with E-state index in [1.54, 1.807) is 6.07 Å². The summed E-state index contributed by atoms with van der Waals surface area (Å²) in [5, 5.41) is 19.2. The Morgan fingerprint density at radius 3 is 2.83 bits per heavy atom. The maximum absolute atomic E-state index is 12.7. The van der Waals surface area contributed by atoms with Crippen LogP contribution in [0.2, 0.25) is 0 Å². The molecule has 0 saturated heterocycles. The van der Waals surface area contributed by atoms with Gasteiger partial charge in [0.05, 0.1) is 0 Å². The Morgan fingerprint density at radius 1 is 1.35 bits per heavy atom. The highest BCUT2D eigenvalue weighted by Gasteiger charge is 2.48. The van der Waals surface area contributed by atoms with Gasteiger partial charge in [0.1, 0.15) is 5.75 Å². The van der Waals surface area contributed by atoms with Crippen molar-refractivity contribution in [2.45, 2.75) is 52.4 Å². The van der Waals surface area contributed by atoms with Crippen LogP contribution in [0.25, 0.3) is 5.57 Å². The molecule has 124 valence electrons. The van der Waals surface area contributed by atoms with Crippen molar-refractivity contribution in [1.82, 2.24) is 0 Å². The van der Waals surface area contributed by atoms with E-state index in [0.717, 1.165) is 48.8 Å². The van der Waals surface area contributed by atoms with Crippen molar-refractivity contribution in [3.63, 3.8) is 0 Å². The number of fused-ring (bicyclic) bond motifs is 3. The van der Waals surface area contributed by atoms with Crippen molar-refractivity contribution in [1.29, 1.82) is 0 Å². The molecular weight excluding hydrogens is 288 g/mol. The molecule has 0 amide bonds. The number of Topliss-reactive ketones (excluding diaryl/α,β-unsaturated/α-hetero) is 1. The minimum atomic E-state index is -0.0662. The summed E-state index contributed by atoms with van der Waals surface area (Å²) < 4.78 is 0. The molecule has 0 fully saturated rings. The summed E-state index contributed by atoms with van der Waals surface area (Å²) in [4.78, 5) is 12.7. The molecule has 0 saturated carbocycles. The first-order valence-electron chi connectivity index (χ1n) is 8.71. The van der Waals surface area contributed by atoms with Crippen molar-refractivity contribution in [3.8, 4) is 5.75 Å². The van der Waals surface area contributed by atoms with Crippen LogP contribution in [0.4, 0.5) is 0 Å². The van der Waals surface area contributed by atoms with Crippen LogP contribution in [0, 0.1) is 11.3 Å². The summed E-state index contributed by atoms with van der Waals surface area (Å²) in [6, 6.07) is 5.54. The van der Waals surface area contributed by atoms with Crippen molar-refractivity contribution in [2.24, 2.45) is 11.3 Å². The highest BCUT2D eigenvalue weighted by molar-refractivity contribution is 6.07. The van der Waals surface area contributed by atoms with Gasteiger partial charge in [-0.1, -0.05) is 25.8 Å². The first kappa shape index (κ1) is 16.3. The van der Waals surface area contributed by atoms with E-state index < -0.39 is 0 Å². The van der Waals surface area contributed by atoms with E-state index in [4.69, 9.17) is 0 Å². The standard InChI is InChI=1S/C20H26O3/c1-3-4-8-20-11-14(7-9-21)19(23)13(2)18(20)17-6-5-16(22)10-15(17)12-20/h5-6,10,14,21-22H,3-4,7-9,11-12H2,1-2H3/t14-,20-/m0/s1. The Labute approximate surface area is 138 Å². The number of ketones is 1. The number of phenols is 1. The smallest absolute Gasteiger partial charge is 0.162 e. The predicted octanol–water partition coefficient (Wildman–Crippen LogP) is 3.87. The van der Waals surface area contributed by atoms with Crippen LogP contribution in [0.3, 0.4) is 0 Å². The van der Waals surface area contributed by atoms with Gasteiger partial charge in [-0.3, -0.25) is 4.79 Å². The molecule has 0 aliphatic heterocycles. The largest absolute Gasteiger partial charge is 0.508 e. The molecule has 0 radical (unpaired) electrons. The molecule has 0 heterocycles. The van der Waals surface area contributed by atoms with Gasteiger partial charge in [-0.2, -0.15) is 0 Å². The summed E-state index contributed by atoms with van der Waals surface area (Å²) in [6.45, 7) is 4.21. The number of carbonyl (C=O) groups excluding carboxylic acids is 1. The number of hydrogen-bond acceptors (Lipinski definition) is 3. The zero-order valence-electron chi connectivity index (χ0n) is 14.1. The number of allylic oxidation sites excluding steroid dienone is 2. The third-order valence-corrected chi connectivity index (χ3v) is 5.66. The van der Waals surface area contributed by atoms with E-state index in [1.807, 2.05) is 19.1 Å². The zero-order valence-corrected chi connectivity index (χ0v) is 14.1. The van der Waals surface area contributed by atoms with Gasteiger partial charge in [-0.15, -0.1) is 0 Å². The predicted molar refractivity (Wildman–Crippen MR) is 91.2 cm³/mol. The molecule has 2 aliphatic carbocycles. The molecule has 2 atom stereocenters. The topological polar surface area (TPSA) is 57.5 Å². The molecule has 0 aromatic heterocycles. The van der Waals surface area contributed by atoms with Gasteiger partial charge in [-0.05, 0) is 67.0 Å².